The standard InChI is InChI=1S/C17H24N4O3.ClH/c1-10(2)16(3,9-18)20-13(22)11-5-7-12(8-6-11)17(4)14(23)19-15(24)21-17;/h5-8,10H,9,18H2,1-4H3,(H,20,22)(H2,19,21,23,24);1H. The van der Waals surface area contributed by atoms with Gasteiger partial charge in [0.25, 0.3) is 11.8 Å². The first kappa shape index (κ1) is 20.9. The maximum absolute atomic E-state index is 12.4. The van der Waals surface area contributed by atoms with Crippen LogP contribution in [0.25, 0.3) is 0 Å². The Morgan fingerprint density at radius 3 is 2.24 bits per heavy atom. The van der Waals surface area contributed by atoms with E-state index in [1.165, 1.54) is 0 Å². The summed E-state index contributed by atoms with van der Waals surface area (Å²) in [6.45, 7) is 7.85. The molecule has 0 aromatic heterocycles. The lowest BCUT2D eigenvalue weighted by Gasteiger charge is -2.33. The van der Waals surface area contributed by atoms with E-state index in [-0.39, 0.29) is 24.2 Å². The van der Waals surface area contributed by atoms with Crippen LogP contribution < -0.4 is 21.7 Å². The Morgan fingerprint density at radius 1 is 1.28 bits per heavy atom. The molecule has 1 fully saturated rings. The number of rotatable bonds is 5. The molecule has 2 atom stereocenters. The quantitative estimate of drug-likeness (QED) is 0.586. The predicted molar refractivity (Wildman–Crippen MR) is 97.5 cm³/mol. The fourth-order valence-electron chi connectivity index (χ4n) is 2.46. The summed E-state index contributed by atoms with van der Waals surface area (Å²) in [6, 6.07) is 6.06. The third kappa shape index (κ3) is 3.93. The Kier molecular flexibility index (Phi) is 6.20. The number of urea groups is 1. The maximum Gasteiger partial charge on any atom is 0.322 e. The fraction of sp³-hybridized carbons (Fsp3) is 0.471. The maximum atomic E-state index is 12.4. The molecule has 1 aromatic rings. The minimum Gasteiger partial charge on any atom is -0.345 e. The van der Waals surface area contributed by atoms with Gasteiger partial charge in [0, 0.05) is 12.1 Å². The number of carbonyl (C=O) groups is 3. The molecule has 0 saturated carbocycles. The third-order valence-electron chi connectivity index (χ3n) is 4.87. The molecule has 25 heavy (non-hydrogen) atoms. The van der Waals surface area contributed by atoms with Crippen LogP contribution in [0.5, 0.6) is 0 Å². The molecule has 2 unspecified atom stereocenters. The van der Waals surface area contributed by atoms with Crippen molar-refractivity contribution < 1.29 is 14.4 Å². The van der Waals surface area contributed by atoms with Gasteiger partial charge in [-0.3, -0.25) is 14.9 Å². The zero-order valence-electron chi connectivity index (χ0n) is 14.8. The summed E-state index contributed by atoms with van der Waals surface area (Å²) in [5.41, 5.74) is 5.23. The first-order valence-electron chi connectivity index (χ1n) is 7.89. The lowest BCUT2D eigenvalue weighted by molar-refractivity contribution is -0.123. The van der Waals surface area contributed by atoms with Crippen LogP contribution in [0, 0.1) is 5.92 Å². The van der Waals surface area contributed by atoms with Gasteiger partial charge in [-0.25, -0.2) is 4.79 Å². The van der Waals surface area contributed by atoms with Crippen LogP contribution in [-0.4, -0.2) is 29.9 Å². The molecule has 1 saturated heterocycles. The molecule has 1 aliphatic rings. The zero-order valence-corrected chi connectivity index (χ0v) is 15.6. The van der Waals surface area contributed by atoms with E-state index in [4.69, 9.17) is 5.73 Å². The SMILES string of the molecule is CC(C)C(C)(CN)NC(=O)c1ccc(C2(C)NC(=O)NC2=O)cc1.Cl. The minimum atomic E-state index is -1.13. The average Bonchev–Trinajstić information content (AvgIpc) is 2.80. The van der Waals surface area contributed by atoms with Gasteiger partial charge >= 0.3 is 6.03 Å². The number of carbonyl (C=O) groups excluding carboxylic acids is 3. The monoisotopic (exact) mass is 368 g/mol. The number of hydrogen-bond donors (Lipinski definition) is 4. The molecule has 7 nitrogen and oxygen atoms in total. The van der Waals surface area contributed by atoms with Crippen molar-refractivity contribution in [2.45, 2.75) is 38.8 Å². The molecule has 0 spiro atoms. The van der Waals surface area contributed by atoms with E-state index in [0.717, 1.165) is 0 Å². The molecule has 4 amide bonds. The molecule has 2 rings (SSSR count). The molecular formula is C17H25ClN4O3. The van der Waals surface area contributed by atoms with Crippen molar-refractivity contribution >= 4 is 30.3 Å². The smallest absolute Gasteiger partial charge is 0.322 e. The molecule has 0 radical (unpaired) electrons. The van der Waals surface area contributed by atoms with Crippen LogP contribution in [0.2, 0.25) is 0 Å². The molecule has 0 bridgehead atoms. The number of nitrogens with two attached hydrogens (primary N) is 1. The molecule has 1 aliphatic heterocycles. The number of benzene rings is 1. The average molecular weight is 369 g/mol. The first-order valence-corrected chi connectivity index (χ1v) is 7.89. The normalized spacial score (nSPS) is 21.8. The predicted octanol–water partition coefficient (Wildman–Crippen LogP) is 1.27. The summed E-state index contributed by atoms with van der Waals surface area (Å²) >= 11 is 0. The second-order valence-electron chi connectivity index (χ2n) is 6.84. The van der Waals surface area contributed by atoms with Crippen molar-refractivity contribution in [1.82, 2.24) is 16.0 Å². The van der Waals surface area contributed by atoms with Gasteiger partial charge in [0.1, 0.15) is 5.54 Å². The summed E-state index contributed by atoms with van der Waals surface area (Å²) in [4.78, 5) is 35.7. The van der Waals surface area contributed by atoms with Gasteiger partial charge in [-0.2, -0.15) is 0 Å². The van der Waals surface area contributed by atoms with Gasteiger partial charge in [0.05, 0.1) is 5.54 Å². The minimum absolute atomic E-state index is 0. The molecule has 8 heteroatoms. The van der Waals surface area contributed by atoms with E-state index in [1.807, 2.05) is 20.8 Å². The van der Waals surface area contributed by atoms with E-state index in [9.17, 15) is 14.4 Å². The molecular weight excluding hydrogens is 344 g/mol. The number of amides is 4. The van der Waals surface area contributed by atoms with Gasteiger partial charge in [-0.1, -0.05) is 26.0 Å². The van der Waals surface area contributed by atoms with Crippen molar-refractivity contribution in [3.8, 4) is 0 Å². The summed E-state index contributed by atoms with van der Waals surface area (Å²) in [5, 5.41) is 7.76. The number of imide groups is 1. The molecule has 0 aliphatic carbocycles. The lowest BCUT2D eigenvalue weighted by Crippen LogP contribution is -2.55. The van der Waals surface area contributed by atoms with E-state index < -0.39 is 23.0 Å². The van der Waals surface area contributed by atoms with E-state index >= 15 is 0 Å². The molecule has 138 valence electrons. The largest absolute Gasteiger partial charge is 0.345 e. The molecule has 1 heterocycles. The summed E-state index contributed by atoms with van der Waals surface area (Å²) in [5.74, 6) is -0.462. The second-order valence-corrected chi connectivity index (χ2v) is 6.84. The Hall–Kier alpha value is -2.12. The highest BCUT2D eigenvalue weighted by Gasteiger charge is 2.43. The Balaban J connectivity index is 0.00000312. The van der Waals surface area contributed by atoms with Crippen LogP contribution in [0.15, 0.2) is 24.3 Å². The van der Waals surface area contributed by atoms with Gasteiger partial charge < -0.3 is 16.4 Å². The first-order chi connectivity index (χ1) is 11.1. The highest BCUT2D eigenvalue weighted by atomic mass is 35.5. The molecule has 5 N–H and O–H groups in total. The van der Waals surface area contributed by atoms with Crippen LogP contribution in [0.4, 0.5) is 4.79 Å². The van der Waals surface area contributed by atoms with Crippen LogP contribution in [0.3, 0.4) is 0 Å². The van der Waals surface area contributed by atoms with Crippen molar-refractivity contribution in [1.29, 1.82) is 0 Å². The Labute approximate surface area is 153 Å². The highest BCUT2D eigenvalue weighted by Crippen LogP contribution is 2.25. The van der Waals surface area contributed by atoms with Gasteiger partial charge in [0.15, 0.2) is 0 Å². The van der Waals surface area contributed by atoms with Crippen LogP contribution in [0.1, 0.15) is 43.6 Å². The fourth-order valence-corrected chi connectivity index (χ4v) is 2.46. The van der Waals surface area contributed by atoms with Crippen molar-refractivity contribution in [3.63, 3.8) is 0 Å². The van der Waals surface area contributed by atoms with Crippen LogP contribution >= 0.6 is 12.4 Å². The number of nitrogens with one attached hydrogen (secondary N) is 3. The molecule has 1 aromatic carbocycles. The zero-order chi connectivity index (χ0) is 18.1. The summed E-state index contributed by atoms with van der Waals surface area (Å²) in [7, 11) is 0. The topological polar surface area (TPSA) is 113 Å². The van der Waals surface area contributed by atoms with Crippen molar-refractivity contribution in [2.75, 3.05) is 6.54 Å². The van der Waals surface area contributed by atoms with E-state index in [0.29, 0.717) is 17.7 Å². The third-order valence-corrected chi connectivity index (χ3v) is 4.87. The van der Waals surface area contributed by atoms with Gasteiger partial charge in [-0.15, -0.1) is 12.4 Å². The number of halogens is 1. The van der Waals surface area contributed by atoms with Gasteiger partial charge in [-0.05, 0) is 37.5 Å². The summed E-state index contributed by atoms with van der Waals surface area (Å²) in [6.07, 6.45) is 0. The van der Waals surface area contributed by atoms with Crippen molar-refractivity contribution in [2.24, 2.45) is 11.7 Å². The van der Waals surface area contributed by atoms with E-state index in [1.54, 1.807) is 31.2 Å². The van der Waals surface area contributed by atoms with Crippen LogP contribution in [-0.2, 0) is 10.3 Å². The Bertz CT molecular complexity index is 677. The van der Waals surface area contributed by atoms with Crippen molar-refractivity contribution in [3.05, 3.63) is 35.4 Å². The summed E-state index contributed by atoms with van der Waals surface area (Å²) < 4.78 is 0. The Morgan fingerprint density at radius 2 is 1.84 bits per heavy atom. The lowest BCUT2D eigenvalue weighted by atomic mass is 9.88. The second kappa shape index (κ2) is 7.41. The number of hydrogen-bond acceptors (Lipinski definition) is 4. The van der Waals surface area contributed by atoms with E-state index in [2.05, 4.69) is 16.0 Å². The highest BCUT2D eigenvalue weighted by molar-refractivity contribution is 6.07. The van der Waals surface area contributed by atoms with Gasteiger partial charge in [0.2, 0.25) is 0 Å².